The molecule has 2 bridgehead atoms. The third-order valence-corrected chi connectivity index (χ3v) is 15.0. The Morgan fingerprint density at radius 1 is 1.10 bits per heavy atom. The second kappa shape index (κ2) is 14.6. The first-order chi connectivity index (χ1) is 24.8. The molecule has 1 spiro atoms. The molecule has 3 aliphatic heterocycles. The molecule has 0 radical (unpaired) electrons. The van der Waals surface area contributed by atoms with Crippen LogP contribution < -0.4 is 14.4 Å². The van der Waals surface area contributed by atoms with Crippen molar-refractivity contribution in [2.24, 2.45) is 17.8 Å². The molecule has 12 heteroatoms. The van der Waals surface area contributed by atoms with E-state index in [4.69, 9.17) is 21.1 Å². The summed E-state index contributed by atoms with van der Waals surface area (Å²) in [7, 11) is -0.213. The van der Waals surface area contributed by atoms with Crippen LogP contribution in [0, 0.1) is 17.8 Å². The summed E-state index contributed by atoms with van der Waals surface area (Å²) in [4.78, 5) is 34.2. The molecule has 52 heavy (non-hydrogen) atoms. The van der Waals surface area contributed by atoms with Crippen LogP contribution in [0.3, 0.4) is 0 Å². The molecule has 2 aromatic carbocycles. The number of hydrogen-bond acceptors (Lipinski definition) is 8. The van der Waals surface area contributed by atoms with Crippen molar-refractivity contribution in [1.82, 2.24) is 14.5 Å². The van der Waals surface area contributed by atoms with Gasteiger partial charge in [0.2, 0.25) is 15.9 Å². The highest BCUT2D eigenvalue weighted by molar-refractivity contribution is 7.90. The highest BCUT2D eigenvalue weighted by atomic mass is 35.5. The summed E-state index contributed by atoms with van der Waals surface area (Å²) in [6.07, 6.45) is 9.51. The average Bonchev–Trinajstić information content (AvgIpc) is 3.25. The number of allylic oxidation sites excluding steroid dienone is 1. The minimum Gasteiger partial charge on any atom is -0.490 e. The number of fused-ring (bicyclic) bond motifs is 4. The number of anilines is 1. The second-order valence-electron chi connectivity index (χ2n) is 16.0. The smallest absolute Gasteiger partial charge is 0.264 e. The van der Waals surface area contributed by atoms with Crippen LogP contribution in [-0.4, -0.2) is 101 Å². The van der Waals surface area contributed by atoms with Gasteiger partial charge in [-0.3, -0.25) is 9.59 Å². The number of rotatable bonds is 3. The van der Waals surface area contributed by atoms with Crippen LogP contribution in [0.15, 0.2) is 48.6 Å². The monoisotopic (exact) mass is 752 g/mol. The lowest BCUT2D eigenvalue weighted by Gasteiger charge is -2.51. The number of hydrogen-bond donors (Lipinski definition) is 1. The van der Waals surface area contributed by atoms with E-state index in [0.29, 0.717) is 45.0 Å². The molecule has 0 unspecified atom stereocenters. The molecule has 5 aliphatic rings. The lowest BCUT2D eigenvalue weighted by molar-refractivity contribution is -0.144. The number of aryl methyl sites for hydroxylation is 1. The van der Waals surface area contributed by atoms with Gasteiger partial charge in [0, 0.05) is 62.4 Å². The molecule has 1 saturated carbocycles. The number of amides is 2. The Kier molecular flexibility index (Phi) is 10.5. The maximum Gasteiger partial charge on any atom is 0.264 e. The number of nitrogens with one attached hydrogen (secondary N) is 1. The molecule has 6 atom stereocenters. The van der Waals surface area contributed by atoms with Gasteiger partial charge in [0.1, 0.15) is 5.75 Å². The predicted octanol–water partition coefficient (Wildman–Crippen LogP) is 5.43. The van der Waals surface area contributed by atoms with E-state index in [-0.39, 0.29) is 41.1 Å². The lowest BCUT2D eigenvalue weighted by atomic mass is 9.62. The van der Waals surface area contributed by atoms with Gasteiger partial charge >= 0.3 is 0 Å². The molecule has 282 valence electrons. The second-order valence-corrected chi connectivity index (χ2v) is 18.5. The summed E-state index contributed by atoms with van der Waals surface area (Å²) in [5, 5.41) is -0.116. The zero-order valence-electron chi connectivity index (χ0n) is 30.9. The van der Waals surface area contributed by atoms with Crippen molar-refractivity contribution in [2.45, 2.75) is 75.1 Å². The van der Waals surface area contributed by atoms with Crippen molar-refractivity contribution in [3.8, 4) is 5.75 Å². The first-order valence-electron chi connectivity index (χ1n) is 18.9. The van der Waals surface area contributed by atoms with Gasteiger partial charge in [0.25, 0.3) is 5.91 Å². The van der Waals surface area contributed by atoms with Crippen molar-refractivity contribution >= 4 is 39.1 Å². The van der Waals surface area contributed by atoms with Crippen LogP contribution in [0.2, 0.25) is 5.02 Å². The van der Waals surface area contributed by atoms with E-state index >= 15 is 0 Å². The van der Waals surface area contributed by atoms with Gasteiger partial charge < -0.3 is 24.2 Å². The molecule has 7 rings (SSSR count). The lowest BCUT2D eigenvalue weighted by Crippen LogP contribution is -2.55. The Morgan fingerprint density at radius 2 is 1.88 bits per heavy atom. The molecule has 3 heterocycles. The highest BCUT2D eigenvalue weighted by Crippen LogP contribution is 2.50. The van der Waals surface area contributed by atoms with E-state index in [1.807, 2.05) is 24.0 Å². The van der Waals surface area contributed by atoms with E-state index < -0.39 is 26.8 Å². The summed E-state index contributed by atoms with van der Waals surface area (Å²) >= 11 is 6.48. The first kappa shape index (κ1) is 37.2. The van der Waals surface area contributed by atoms with E-state index in [2.05, 4.69) is 39.8 Å². The molecule has 1 N–H and O–H groups in total. The standard InChI is InChI=1S/C40H53ClN4O6S/c1-27-7-5-16-40(50-4,23-37(46)44-19-17-43(3)18-20-44)34-12-9-31(34)24-45-25-39(15-6-8-29-21-32(41)11-13-33(29)39)26-51-36-14-10-30(22-35(36)45)38(47)42-52(48,49)28(27)2/h5,10-11,13-14,16,21-22,27-28,31,34H,6-9,12,15,17-20,23-26H2,1-4H3,(H,42,47)/b16-5+/t27-,28+,31-,34+,39-,40+/m0/s1. The van der Waals surface area contributed by atoms with Crippen molar-refractivity contribution in [3.05, 3.63) is 70.3 Å². The highest BCUT2D eigenvalue weighted by Gasteiger charge is 2.50. The third kappa shape index (κ3) is 7.10. The van der Waals surface area contributed by atoms with Crippen LogP contribution in [0.25, 0.3) is 0 Å². The molecular formula is C40H53ClN4O6S. The molecule has 2 fully saturated rings. The summed E-state index contributed by atoms with van der Waals surface area (Å²) in [5.41, 5.74) is 2.36. The van der Waals surface area contributed by atoms with E-state index in [1.165, 1.54) is 11.1 Å². The minimum absolute atomic E-state index is 0.0574. The number of carbonyl (C=O) groups excluding carboxylic acids is 2. The number of carbonyl (C=O) groups is 2. The van der Waals surface area contributed by atoms with Crippen LogP contribution in [0.5, 0.6) is 5.75 Å². The topological polar surface area (TPSA) is 108 Å². The van der Waals surface area contributed by atoms with Crippen molar-refractivity contribution < 1.29 is 27.5 Å². The number of ether oxygens (including phenoxy) is 2. The summed E-state index contributed by atoms with van der Waals surface area (Å²) < 4.78 is 42.6. The van der Waals surface area contributed by atoms with Gasteiger partial charge in [-0.1, -0.05) is 36.7 Å². The Bertz CT molecular complexity index is 1830. The molecule has 1 saturated heterocycles. The number of halogens is 1. The van der Waals surface area contributed by atoms with Crippen molar-refractivity contribution in [2.75, 3.05) is 64.9 Å². The molecule has 2 aliphatic carbocycles. The largest absolute Gasteiger partial charge is 0.490 e. The van der Waals surface area contributed by atoms with Gasteiger partial charge in [0.05, 0.1) is 29.6 Å². The minimum atomic E-state index is -4.00. The fraction of sp³-hybridized carbons (Fsp3) is 0.600. The molecule has 10 nitrogen and oxygen atoms in total. The van der Waals surface area contributed by atoms with Gasteiger partial charge in [-0.25, -0.2) is 13.1 Å². The molecule has 2 amide bonds. The summed E-state index contributed by atoms with van der Waals surface area (Å²) in [6, 6.07) is 11.4. The van der Waals surface area contributed by atoms with Crippen LogP contribution in [0.4, 0.5) is 5.69 Å². The van der Waals surface area contributed by atoms with Crippen LogP contribution in [-0.2, 0) is 31.4 Å². The zero-order valence-corrected chi connectivity index (χ0v) is 32.5. The Balaban J connectivity index is 1.30. The van der Waals surface area contributed by atoms with Crippen molar-refractivity contribution in [1.29, 1.82) is 0 Å². The number of methoxy groups -OCH3 is 1. The zero-order chi connectivity index (χ0) is 36.8. The third-order valence-electron chi connectivity index (χ3n) is 12.9. The molecule has 2 aromatic rings. The van der Waals surface area contributed by atoms with Crippen LogP contribution >= 0.6 is 11.6 Å². The SMILES string of the molecule is CO[C@@]1(CC(=O)N2CCN(C)CC2)/C=C/C[C@H](C)[C@@H](C)S(=O)(=O)NC(=O)c2ccc3c(c2)N(C[C@@H]2CC[C@H]21)C[C@@]1(CCCc2cc(Cl)ccc21)CO3. The Labute approximate surface area is 313 Å². The maximum atomic E-state index is 14.0. The Morgan fingerprint density at radius 3 is 2.62 bits per heavy atom. The first-order valence-corrected chi connectivity index (χ1v) is 20.8. The Hall–Kier alpha value is -3.12. The fourth-order valence-corrected chi connectivity index (χ4v) is 10.7. The maximum absolute atomic E-state index is 14.0. The van der Waals surface area contributed by atoms with E-state index in [9.17, 15) is 18.0 Å². The summed E-state index contributed by atoms with van der Waals surface area (Å²) in [6.45, 7) is 8.37. The van der Waals surface area contributed by atoms with Gasteiger partial charge in [-0.2, -0.15) is 0 Å². The van der Waals surface area contributed by atoms with Gasteiger partial charge in [-0.15, -0.1) is 0 Å². The normalized spacial score (nSPS) is 32.8. The predicted molar refractivity (Wildman–Crippen MR) is 204 cm³/mol. The quantitative estimate of drug-likeness (QED) is 0.414. The number of piperazine rings is 1. The van der Waals surface area contributed by atoms with Gasteiger partial charge in [-0.05, 0) is 112 Å². The molecular weight excluding hydrogens is 700 g/mol. The number of likely N-dealkylation sites (N-methyl/N-ethyl adjacent to an activating group) is 1. The average molecular weight is 753 g/mol. The summed E-state index contributed by atoms with van der Waals surface area (Å²) in [5.74, 6) is 0.0593. The molecule has 0 aromatic heterocycles. The fourth-order valence-electron chi connectivity index (χ4n) is 9.24. The number of benzene rings is 2. The number of nitrogens with zero attached hydrogens (tertiary/aromatic N) is 3. The van der Waals surface area contributed by atoms with Crippen molar-refractivity contribution in [3.63, 3.8) is 0 Å². The van der Waals surface area contributed by atoms with Crippen LogP contribution in [0.1, 0.15) is 73.9 Å². The van der Waals surface area contributed by atoms with Gasteiger partial charge in [0.15, 0.2) is 0 Å². The van der Waals surface area contributed by atoms with E-state index in [1.54, 1.807) is 32.2 Å². The number of sulfonamides is 1. The van der Waals surface area contributed by atoms with E-state index in [0.717, 1.165) is 55.9 Å².